The first-order valence-electron chi connectivity index (χ1n) is 14.8. The quantitative estimate of drug-likeness (QED) is 0.233. The molecular formula is C32H49NO8. The molecule has 9 heteroatoms. The molecule has 0 aliphatic heterocycles. The van der Waals surface area contributed by atoms with Crippen molar-refractivity contribution in [1.29, 1.82) is 0 Å². The van der Waals surface area contributed by atoms with Crippen LogP contribution in [0, 0.1) is 16.7 Å². The van der Waals surface area contributed by atoms with Crippen molar-refractivity contribution in [2.75, 3.05) is 0 Å². The molecule has 0 amide bonds. The van der Waals surface area contributed by atoms with Gasteiger partial charge < -0.3 is 24.7 Å². The number of hydrogen-bond acceptors (Lipinski definition) is 9. The van der Waals surface area contributed by atoms with Crippen LogP contribution in [0.25, 0.3) is 0 Å². The molecule has 1 aliphatic rings. The highest BCUT2D eigenvalue weighted by Crippen LogP contribution is 2.34. The minimum atomic E-state index is -1.03. The highest BCUT2D eigenvalue weighted by Gasteiger charge is 2.32. The maximum Gasteiger partial charge on any atom is 0.323 e. The lowest BCUT2D eigenvalue weighted by atomic mass is 9.89. The van der Waals surface area contributed by atoms with E-state index in [1.807, 2.05) is 13.8 Å². The smallest absolute Gasteiger partial charge is 0.323 e. The molecule has 3 atom stereocenters. The van der Waals surface area contributed by atoms with Gasteiger partial charge in [0, 0.05) is 0 Å². The van der Waals surface area contributed by atoms with Gasteiger partial charge in [-0.2, -0.15) is 0 Å². The lowest BCUT2D eigenvalue weighted by molar-refractivity contribution is -0.169. The van der Waals surface area contributed by atoms with Gasteiger partial charge in [0.2, 0.25) is 0 Å². The summed E-state index contributed by atoms with van der Waals surface area (Å²) in [6.07, 6.45) is 4.72. The summed E-state index contributed by atoms with van der Waals surface area (Å²) in [5.41, 5.74) is 5.28. The van der Waals surface area contributed by atoms with E-state index in [0.717, 1.165) is 32.1 Å². The molecule has 1 aromatic carbocycles. The molecule has 0 aromatic heterocycles. The molecule has 41 heavy (non-hydrogen) atoms. The summed E-state index contributed by atoms with van der Waals surface area (Å²) in [7, 11) is 0. The van der Waals surface area contributed by atoms with Crippen LogP contribution in [0.4, 0.5) is 0 Å². The van der Waals surface area contributed by atoms with Gasteiger partial charge in [-0.1, -0.05) is 39.2 Å². The highest BCUT2D eigenvalue weighted by molar-refractivity contribution is 5.82. The second-order valence-electron chi connectivity index (χ2n) is 12.5. The molecule has 1 saturated carbocycles. The van der Waals surface area contributed by atoms with Gasteiger partial charge in [-0.25, -0.2) is 0 Å². The third-order valence-corrected chi connectivity index (χ3v) is 8.25. The fraction of sp³-hybridized carbons (Fsp3) is 0.688. The molecule has 0 bridgehead atoms. The van der Waals surface area contributed by atoms with E-state index in [1.165, 1.54) is 6.07 Å². The zero-order valence-electron chi connectivity index (χ0n) is 26.0. The van der Waals surface area contributed by atoms with E-state index in [2.05, 4.69) is 0 Å². The van der Waals surface area contributed by atoms with E-state index in [9.17, 15) is 19.2 Å². The van der Waals surface area contributed by atoms with Gasteiger partial charge >= 0.3 is 23.9 Å². The molecule has 1 aliphatic carbocycles. The summed E-state index contributed by atoms with van der Waals surface area (Å²) >= 11 is 0. The Bertz CT molecular complexity index is 1070. The van der Waals surface area contributed by atoms with Crippen LogP contribution in [-0.4, -0.2) is 42.1 Å². The SMILES string of the molecule is CCC(C)(C)C(=O)Oc1ccc(C[C@H](N)C(=O)O[C@@H](C)[C@H](C)OC(=O)C2CCCCC2)cc1OC(=O)C(C)(C)CC. The van der Waals surface area contributed by atoms with Gasteiger partial charge in [0.15, 0.2) is 11.5 Å². The molecule has 2 rings (SSSR count). The fourth-order valence-electron chi connectivity index (χ4n) is 4.03. The molecule has 1 aromatic rings. The van der Waals surface area contributed by atoms with Gasteiger partial charge in [-0.3, -0.25) is 19.2 Å². The average molecular weight is 576 g/mol. The molecule has 1 fully saturated rings. The van der Waals surface area contributed by atoms with Crippen molar-refractivity contribution in [2.45, 2.75) is 125 Å². The van der Waals surface area contributed by atoms with E-state index in [4.69, 9.17) is 24.7 Å². The van der Waals surface area contributed by atoms with E-state index in [1.54, 1.807) is 53.7 Å². The first-order chi connectivity index (χ1) is 19.1. The van der Waals surface area contributed by atoms with Crippen molar-refractivity contribution >= 4 is 23.9 Å². The topological polar surface area (TPSA) is 131 Å². The third-order valence-electron chi connectivity index (χ3n) is 8.25. The molecule has 0 saturated heterocycles. The second-order valence-corrected chi connectivity index (χ2v) is 12.5. The summed E-state index contributed by atoms with van der Waals surface area (Å²) in [6, 6.07) is 3.72. The predicted molar refractivity (Wildman–Crippen MR) is 155 cm³/mol. The van der Waals surface area contributed by atoms with Crippen LogP contribution in [0.1, 0.15) is 106 Å². The maximum atomic E-state index is 12.9. The van der Waals surface area contributed by atoms with Crippen LogP contribution in [0.15, 0.2) is 18.2 Å². The number of rotatable bonds is 13. The molecular weight excluding hydrogens is 526 g/mol. The Morgan fingerprint density at radius 1 is 0.829 bits per heavy atom. The van der Waals surface area contributed by atoms with Crippen LogP contribution < -0.4 is 15.2 Å². The molecule has 0 radical (unpaired) electrons. The zero-order valence-corrected chi connectivity index (χ0v) is 26.0. The first kappa shape index (κ1) is 34.3. The number of esters is 4. The Labute approximate surface area is 244 Å². The number of ether oxygens (including phenoxy) is 4. The summed E-state index contributed by atoms with van der Waals surface area (Å²) in [5.74, 6) is -1.74. The van der Waals surface area contributed by atoms with Gasteiger partial charge in [0.1, 0.15) is 18.2 Å². The van der Waals surface area contributed by atoms with Crippen LogP contribution >= 0.6 is 0 Å². The molecule has 0 heterocycles. The lowest BCUT2D eigenvalue weighted by Gasteiger charge is -2.26. The monoisotopic (exact) mass is 575 g/mol. The number of carbonyl (C=O) groups is 4. The zero-order chi connectivity index (χ0) is 31.0. The van der Waals surface area contributed by atoms with E-state index >= 15 is 0 Å². The standard InChI is InChI=1S/C32H49NO8/c1-9-31(5,6)29(36)40-25-17-16-22(19-26(25)41-30(37)32(7,8)10-2)18-24(33)28(35)39-21(4)20(3)38-27(34)23-14-12-11-13-15-23/h16-17,19-21,23-24H,9-15,18,33H2,1-8H3/t20-,21-,24-/m0/s1. The van der Waals surface area contributed by atoms with Gasteiger partial charge in [-0.15, -0.1) is 0 Å². The summed E-state index contributed by atoms with van der Waals surface area (Å²) in [5, 5.41) is 0. The summed E-state index contributed by atoms with van der Waals surface area (Å²) in [4.78, 5) is 50.9. The lowest BCUT2D eigenvalue weighted by Crippen LogP contribution is -2.40. The number of hydrogen-bond donors (Lipinski definition) is 1. The van der Waals surface area contributed by atoms with Gasteiger partial charge in [0.25, 0.3) is 0 Å². The highest BCUT2D eigenvalue weighted by atomic mass is 16.6. The largest absolute Gasteiger partial charge is 0.459 e. The Hall–Kier alpha value is -2.94. The Morgan fingerprint density at radius 2 is 1.34 bits per heavy atom. The van der Waals surface area contributed by atoms with Crippen molar-refractivity contribution in [1.82, 2.24) is 0 Å². The fourth-order valence-corrected chi connectivity index (χ4v) is 4.03. The molecule has 2 N–H and O–H groups in total. The van der Waals surface area contributed by atoms with Gasteiger partial charge in [0.05, 0.1) is 16.7 Å². The second kappa shape index (κ2) is 14.8. The van der Waals surface area contributed by atoms with Crippen LogP contribution in [0.2, 0.25) is 0 Å². The Balaban J connectivity index is 2.11. The maximum absolute atomic E-state index is 12.9. The normalized spacial score (nSPS) is 16.7. The minimum absolute atomic E-state index is 0.0754. The number of carbonyl (C=O) groups excluding carboxylic acids is 4. The Morgan fingerprint density at radius 3 is 1.88 bits per heavy atom. The van der Waals surface area contributed by atoms with Crippen molar-refractivity contribution in [2.24, 2.45) is 22.5 Å². The van der Waals surface area contributed by atoms with Crippen LogP contribution in [-0.2, 0) is 35.1 Å². The van der Waals surface area contributed by atoms with E-state index in [-0.39, 0.29) is 29.8 Å². The van der Waals surface area contributed by atoms with E-state index < -0.39 is 47.0 Å². The average Bonchev–Trinajstić information content (AvgIpc) is 2.94. The summed E-state index contributed by atoms with van der Waals surface area (Å²) in [6.45, 7) is 14.2. The number of nitrogens with two attached hydrogens (primary N) is 1. The molecule has 9 nitrogen and oxygen atoms in total. The van der Waals surface area contributed by atoms with Gasteiger partial charge in [-0.05, 0) is 91.3 Å². The molecule has 230 valence electrons. The molecule has 0 unspecified atom stereocenters. The van der Waals surface area contributed by atoms with Crippen molar-refractivity contribution < 1.29 is 38.1 Å². The predicted octanol–water partition coefficient (Wildman–Crippen LogP) is 5.68. The Kier molecular flexibility index (Phi) is 12.4. The molecule has 0 spiro atoms. The van der Waals surface area contributed by atoms with Crippen LogP contribution in [0.3, 0.4) is 0 Å². The van der Waals surface area contributed by atoms with Crippen molar-refractivity contribution in [3.63, 3.8) is 0 Å². The summed E-state index contributed by atoms with van der Waals surface area (Å²) < 4.78 is 22.4. The third kappa shape index (κ3) is 9.83. The minimum Gasteiger partial charge on any atom is -0.459 e. The van der Waals surface area contributed by atoms with Crippen LogP contribution in [0.5, 0.6) is 11.5 Å². The number of benzene rings is 1. The van der Waals surface area contributed by atoms with Crippen molar-refractivity contribution in [3.8, 4) is 11.5 Å². The first-order valence-corrected chi connectivity index (χ1v) is 14.8. The van der Waals surface area contributed by atoms with Crippen molar-refractivity contribution in [3.05, 3.63) is 23.8 Å². The van der Waals surface area contributed by atoms with E-state index in [0.29, 0.717) is 18.4 Å².